The Morgan fingerprint density at radius 1 is 1.46 bits per heavy atom. The van der Waals surface area contributed by atoms with E-state index >= 15 is 0 Å². The van der Waals surface area contributed by atoms with Crippen molar-refractivity contribution >= 4 is 0 Å². The highest BCUT2D eigenvalue weighted by molar-refractivity contribution is 5.39. The zero-order valence-corrected chi connectivity index (χ0v) is 8.09. The van der Waals surface area contributed by atoms with Crippen LogP contribution in [0.5, 0.6) is 0 Å². The molecule has 0 aliphatic carbocycles. The van der Waals surface area contributed by atoms with Gasteiger partial charge in [-0.1, -0.05) is 19.1 Å². The molecule has 0 bridgehead atoms. The maximum absolute atomic E-state index is 8.80. The quantitative estimate of drug-likeness (QED) is 0.760. The molecule has 1 aromatic rings. The normalized spacial score (nSPS) is 9.62. The molecule has 0 atom stereocenters. The van der Waals surface area contributed by atoms with Crippen LogP contribution < -0.4 is 5.32 Å². The van der Waals surface area contributed by atoms with Crippen molar-refractivity contribution in [2.45, 2.75) is 20.4 Å². The van der Waals surface area contributed by atoms with E-state index in [0.717, 1.165) is 24.2 Å². The van der Waals surface area contributed by atoms with Crippen molar-refractivity contribution in [2.24, 2.45) is 0 Å². The summed E-state index contributed by atoms with van der Waals surface area (Å²) < 4.78 is 0. The number of hydrogen-bond donors (Lipinski definition) is 1. The smallest absolute Gasteiger partial charge is 0.0994 e. The van der Waals surface area contributed by atoms with Crippen molar-refractivity contribution in [1.82, 2.24) is 5.32 Å². The fourth-order valence-electron chi connectivity index (χ4n) is 1.17. The number of aryl methyl sites for hydroxylation is 1. The van der Waals surface area contributed by atoms with E-state index < -0.39 is 0 Å². The lowest BCUT2D eigenvalue weighted by Crippen LogP contribution is -2.11. The Hall–Kier alpha value is -1.33. The van der Waals surface area contributed by atoms with Crippen LogP contribution in [0.3, 0.4) is 0 Å². The standard InChI is InChI=1S/C11H14N2/c1-3-13-8-10-5-4-9(2)11(6-10)7-12/h4-6,13H,3,8H2,1-2H3. The molecule has 0 saturated heterocycles. The van der Waals surface area contributed by atoms with Gasteiger partial charge in [0, 0.05) is 6.54 Å². The molecule has 2 nitrogen and oxygen atoms in total. The van der Waals surface area contributed by atoms with Gasteiger partial charge < -0.3 is 5.32 Å². The third kappa shape index (κ3) is 2.57. The molecule has 1 rings (SSSR count). The Morgan fingerprint density at radius 2 is 2.23 bits per heavy atom. The SMILES string of the molecule is CCNCc1ccc(C)c(C#N)c1. The molecule has 13 heavy (non-hydrogen) atoms. The molecular formula is C11H14N2. The maximum Gasteiger partial charge on any atom is 0.0994 e. The third-order valence-electron chi connectivity index (χ3n) is 2.00. The van der Waals surface area contributed by atoms with Gasteiger partial charge in [0.1, 0.15) is 0 Å². The molecule has 0 heterocycles. The zero-order valence-electron chi connectivity index (χ0n) is 8.09. The van der Waals surface area contributed by atoms with Crippen LogP contribution in [0, 0.1) is 18.3 Å². The summed E-state index contributed by atoms with van der Waals surface area (Å²) in [5.74, 6) is 0. The average molecular weight is 174 g/mol. The number of hydrogen-bond acceptors (Lipinski definition) is 2. The molecule has 0 spiro atoms. The molecular weight excluding hydrogens is 160 g/mol. The van der Waals surface area contributed by atoms with Gasteiger partial charge in [0.2, 0.25) is 0 Å². The van der Waals surface area contributed by atoms with E-state index in [1.54, 1.807) is 0 Å². The fraction of sp³-hybridized carbons (Fsp3) is 0.364. The summed E-state index contributed by atoms with van der Waals surface area (Å²) in [5.41, 5.74) is 2.99. The lowest BCUT2D eigenvalue weighted by molar-refractivity contribution is 0.726. The van der Waals surface area contributed by atoms with E-state index in [2.05, 4.69) is 24.4 Å². The highest BCUT2D eigenvalue weighted by Gasteiger charge is 1.98. The second-order valence-corrected chi connectivity index (χ2v) is 3.04. The molecule has 0 radical (unpaired) electrons. The number of nitrogens with zero attached hydrogens (tertiary/aromatic N) is 1. The number of nitriles is 1. The maximum atomic E-state index is 8.80. The highest BCUT2D eigenvalue weighted by atomic mass is 14.8. The minimum Gasteiger partial charge on any atom is -0.313 e. The molecule has 0 saturated carbocycles. The molecule has 0 unspecified atom stereocenters. The molecule has 0 fully saturated rings. The van der Waals surface area contributed by atoms with E-state index in [1.165, 1.54) is 5.56 Å². The Kier molecular flexibility index (Phi) is 3.48. The first-order valence-electron chi connectivity index (χ1n) is 4.48. The molecule has 2 heteroatoms. The van der Waals surface area contributed by atoms with Crippen LogP contribution in [0.25, 0.3) is 0 Å². The second-order valence-electron chi connectivity index (χ2n) is 3.04. The summed E-state index contributed by atoms with van der Waals surface area (Å²) in [6.07, 6.45) is 0. The van der Waals surface area contributed by atoms with E-state index in [4.69, 9.17) is 5.26 Å². The Bertz CT molecular complexity index is 323. The number of benzene rings is 1. The fourth-order valence-corrected chi connectivity index (χ4v) is 1.17. The van der Waals surface area contributed by atoms with Crippen molar-refractivity contribution in [2.75, 3.05) is 6.54 Å². The summed E-state index contributed by atoms with van der Waals surface area (Å²) in [5, 5.41) is 12.0. The highest BCUT2D eigenvalue weighted by Crippen LogP contribution is 2.09. The van der Waals surface area contributed by atoms with Gasteiger partial charge >= 0.3 is 0 Å². The second kappa shape index (κ2) is 4.64. The summed E-state index contributed by atoms with van der Waals surface area (Å²) >= 11 is 0. The first-order chi connectivity index (χ1) is 6.27. The predicted molar refractivity (Wildman–Crippen MR) is 53.3 cm³/mol. The number of nitrogens with one attached hydrogen (secondary N) is 1. The molecule has 1 N–H and O–H groups in total. The summed E-state index contributed by atoms with van der Waals surface area (Å²) in [4.78, 5) is 0. The molecule has 0 aromatic heterocycles. The van der Waals surface area contributed by atoms with Crippen LogP contribution in [-0.2, 0) is 6.54 Å². The first-order valence-corrected chi connectivity index (χ1v) is 4.48. The molecule has 1 aromatic carbocycles. The van der Waals surface area contributed by atoms with Gasteiger partial charge in [0.05, 0.1) is 11.6 Å². The molecule has 0 amide bonds. The van der Waals surface area contributed by atoms with Crippen LogP contribution in [0.15, 0.2) is 18.2 Å². The monoisotopic (exact) mass is 174 g/mol. The predicted octanol–water partition coefficient (Wildman–Crippen LogP) is 1.98. The van der Waals surface area contributed by atoms with Gasteiger partial charge in [0.15, 0.2) is 0 Å². The Labute approximate surface area is 79.2 Å². The Balaban J connectivity index is 2.82. The van der Waals surface area contributed by atoms with E-state index in [9.17, 15) is 0 Å². The minimum absolute atomic E-state index is 0.774. The minimum atomic E-state index is 0.774. The van der Waals surface area contributed by atoms with Crippen LogP contribution in [0.1, 0.15) is 23.6 Å². The van der Waals surface area contributed by atoms with Crippen molar-refractivity contribution in [1.29, 1.82) is 5.26 Å². The molecule has 0 aliphatic heterocycles. The zero-order chi connectivity index (χ0) is 9.68. The summed E-state index contributed by atoms with van der Waals surface area (Å²) in [6, 6.07) is 8.17. The van der Waals surface area contributed by atoms with Crippen LogP contribution >= 0.6 is 0 Å². The van der Waals surface area contributed by atoms with Gasteiger partial charge in [0.25, 0.3) is 0 Å². The van der Waals surface area contributed by atoms with Crippen molar-refractivity contribution in [3.8, 4) is 6.07 Å². The van der Waals surface area contributed by atoms with Crippen LogP contribution in [0.2, 0.25) is 0 Å². The summed E-state index contributed by atoms with van der Waals surface area (Å²) in [7, 11) is 0. The largest absolute Gasteiger partial charge is 0.313 e. The van der Waals surface area contributed by atoms with E-state index in [1.807, 2.05) is 19.1 Å². The summed E-state index contributed by atoms with van der Waals surface area (Å²) in [6.45, 7) is 5.82. The van der Waals surface area contributed by atoms with Crippen molar-refractivity contribution in [3.63, 3.8) is 0 Å². The molecule has 68 valence electrons. The van der Waals surface area contributed by atoms with Crippen molar-refractivity contribution in [3.05, 3.63) is 34.9 Å². The lowest BCUT2D eigenvalue weighted by Gasteiger charge is -2.03. The van der Waals surface area contributed by atoms with Gasteiger partial charge in [-0.2, -0.15) is 5.26 Å². The average Bonchev–Trinajstić information content (AvgIpc) is 2.16. The van der Waals surface area contributed by atoms with Gasteiger partial charge in [-0.3, -0.25) is 0 Å². The molecule has 0 aliphatic rings. The first kappa shape index (κ1) is 9.76. The van der Waals surface area contributed by atoms with Gasteiger partial charge in [-0.15, -0.1) is 0 Å². The van der Waals surface area contributed by atoms with Crippen LogP contribution in [-0.4, -0.2) is 6.54 Å². The van der Waals surface area contributed by atoms with E-state index in [-0.39, 0.29) is 0 Å². The van der Waals surface area contributed by atoms with Crippen molar-refractivity contribution < 1.29 is 0 Å². The number of rotatable bonds is 3. The van der Waals surface area contributed by atoms with Crippen LogP contribution in [0.4, 0.5) is 0 Å². The third-order valence-corrected chi connectivity index (χ3v) is 2.00. The Morgan fingerprint density at radius 3 is 2.85 bits per heavy atom. The van der Waals surface area contributed by atoms with Gasteiger partial charge in [-0.05, 0) is 30.7 Å². The topological polar surface area (TPSA) is 35.8 Å². The van der Waals surface area contributed by atoms with E-state index in [0.29, 0.717) is 0 Å². The van der Waals surface area contributed by atoms with Gasteiger partial charge in [-0.25, -0.2) is 0 Å². The lowest BCUT2D eigenvalue weighted by atomic mass is 10.1.